The minimum Gasteiger partial charge on any atom is -0.353 e. The lowest BCUT2D eigenvalue weighted by atomic mass is 9.98. The topological polar surface area (TPSA) is 29.1 Å². The first-order valence-corrected chi connectivity index (χ1v) is 3.99. The van der Waals surface area contributed by atoms with E-state index in [0.717, 1.165) is 18.3 Å². The number of nitrogens with one attached hydrogen (secondary N) is 1. The first kappa shape index (κ1) is 6.20. The molecule has 0 bridgehead atoms. The van der Waals surface area contributed by atoms with E-state index in [9.17, 15) is 4.79 Å². The lowest BCUT2D eigenvalue weighted by Crippen LogP contribution is -2.34. The van der Waals surface area contributed by atoms with Crippen LogP contribution in [0.4, 0.5) is 0 Å². The predicted octanol–water partition coefficient (Wildman–Crippen LogP) is 0.777. The molecule has 10 heavy (non-hydrogen) atoms. The van der Waals surface area contributed by atoms with E-state index in [1.54, 1.807) is 0 Å². The molecule has 4 atom stereocenters. The summed E-state index contributed by atoms with van der Waals surface area (Å²) in [6.45, 7) is 4.40. The molecule has 1 aliphatic carbocycles. The second-order valence-corrected chi connectivity index (χ2v) is 3.71. The SMILES string of the molecule is C[C@H]1[C@H]2NC(=O)C[C@H](C)[C@@H]12. The van der Waals surface area contributed by atoms with Gasteiger partial charge in [-0.15, -0.1) is 0 Å². The number of rotatable bonds is 0. The van der Waals surface area contributed by atoms with Gasteiger partial charge in [-0.2, -0.15) is 0 Å². The summed E-state index contributed by atoms with van der Waals surface area (Å²) in [4.78, 5) is 10.9. The van der Waals surface area contributed by atoms with Gasteiger partial charge in [0, 0.05) is 12.5 Å². The first-order chi connectivity index (χ1) is 4.70. The van der Waals surface area contributed by atoms with Gasteiger partial charge in [0.25, 0.3) is 0 Å². The summed E-state index contributed by atoms with van der Waals surface area (Å²) in [5.74, 6) is 2.39. The number of carbonyl (C=O) groups excluding carboxylic acids is 1. The third-order valence-electron chi connectivity index (χ3n) is 2.94. The highest BCUT2D eigenvalue weighted by Gasteiger charge is 2.53. The molecule has 0 radical (unpaired) electrons. The van der Waals surface area contributed by atoms with Crippen LogP contribution in [0.3, 0.4) is 0 Å². The standard InChI is InChI=1S/C8H13NO/c1-4-3-6(10)9-8-5(2)7(4)8/h4-5,7-8H,3H2,1-2H3,(H,9,10)/t4-,5+,7-,8+/m0/s1. The molecule has 1 aliphatic heterocycles. The fourth-order valence-electron chi connectivity index (χ4n) is 2.27. The molecule has 1 N–H and O–H groups in total. The number of piperidine rings is 1. The zero-order chi connectivity index (χ0) is 7.30. The van der Waals surface area contributed by atoms with E-state index >= 15 is 0 Å². The molecule has 1 saturated carbocycles. The monoisotopic (exact) mass is 139 g/mol. The van der Waals surface area contributed by atoms with Crippen molar-refractivity contribution in [3.63, 3.8) is 0 Å². The van der Waals surface area contributed by atoms with E-state index in [1.165, 1.54) is 0 Å². The molecule has 0 aromatic carbocycles. The lowest BCUT2D eigenvalue weighted by Gasteiger charge is -2.16. The third kappa shape index (κ3) is 0.678. The van der Waals surface area contributed by atoms with Gasteiger partial charge in [0.1, 0.15) is 0 Å². The summed E-state index contributed by atoms with van der Waals surface area (Å²) < 4.78 is 0. The van der Waals surface area contributed by atoms with Crippen LogP contribution >= 0.6 is 0 Å². The van der Waals surface area contributed by atoms with Gasteiger partial charge in [-0.05, 0) is 17.8 Å². The predicted molar refractivity (Wildman–Crippen MR) is 38.4 cm³/mol. The Morgan fingerprint density at radius 1 is 1.50 bits per heavy atom. The van der Waals surface area contributed by atoms with Crippen LogP contribution in [-0.2, 0) is 4.79 Å². The number of amides is 1. The molecule has 2 fully saturated rings. The summed E-state index contributed by atoms with van der Waals surface area (Å²) in [6.07, 6.45) is 0.742. The molecule has 2 aliphatic rings. The smallest absolute Gasteiger partial charge is 0.220 e. The lowest BCUT2D eigenvalue weighted by molar-refractivity contribution is -0.123. The number of carbonyl (C=O) groups is 1. The van der Waals surface area contributed by atoms with Gasteiger partial charge < -0.3 is 5.32 Å². The van der Waals surface area contributed by atoms with E-state index in [0.29, 0.717) is 12.0 Å². The van der Waals surface area contributed by atoms with Crippen molar-refractivity contribution in [3.8, 4) is 0 Å². The largest absolute Gasteiger partial charge is 0.353 e. The molecule has 0 aromatic heterocycles. The van der Waals surface area contributed by atoms with E-state index in [4.69, 9.17) is 0 Å². The Kier molecular flexibility index (Phi) is 1.08. The Morgan fingerprint density at radius 2 is 2.20 bits per heavy atom. The van der Waals surface area contributed by atoms with Crippen molar-refractivity contribution in [2.75, 3.05) is 0 Å². The van der Waals surface area contributed by atoms with Gasteiger partial charge >= 0.3 is 0 Å². The van der Waals surface area contributed by atoms with Crippen molar-refractivity contribution in [3.05, 3.63) is 0 Å². The summed E-state index contributed by atoms with van der Waals surface area (Å²) >= 11 is 0. The maximum absolute atomic E-state index is 10.9. The highest BCUT2D eigenvalue weighted by atomic mass is 16.1. The van der Waals surface area contributed by atoms with Gasteiger partial charge in [-0.1, -0.05) is 13.8 Å². The van der Waals surface area contributed by atoms with Crippen molar-refractivity contribution in [1.82, 2.24) is 5.32 Å². The van der Waals surface area contributed by atoms with Crippen molar-refractivity contribution < 1.29 is 4.79 Å². The van der Waals surface area contributed by atoms with Gasteiger partial charge in [0.2, 0.25) is 5.91 Å². The first-order valence-electron chi connectivity index (χ1n) is 3.99. The maximum atomic E-state index is 10.9. The highest BCUT2D eigenvalue weighted by Crippen LogP contribution is 2.47. The average Bonchev–Trinajstić information content (AvgIpc) is 2.42. The summed E-state index contributed by atoms with van der Waals surface area (Å²) in [5, 5.41) is 2.99. The van der Waals surface area contributed by atoms with Crippen molar-refractivity contribution in [2.45, 2.75) is 26.3 Å². The molecule has 0 unspecified atom stereocenters. The molecule has 2 rings (SSSR count). The second kappa shape index (κ2) is 1.74. The van der Waals surface area contributed by atoms with E-state index in [-0.39, 0.29) is 5.91 Å². The zero-order valence-electron chi connectivity index (χ0n) is 6.42. The van der Waals surface area contributed by atoms with Crippen molar-refractivity contribution >= 4 is 5.91 Å². The van der Waals surface area contributed by atoms with E-state index in [1.807, 2.05) is 0 Å². The number of hydrogen-bond acceptors (Lipinski definition) is 1. The molecule has 1 amide bonds. The van der Waals surface area contributed by atoms with Crippen LogP contribution in [0.5, 0.6) is 0 Å². The third-order valence-corrected chi connectivity index (χ3v) is 2.94. The quantitative estimate of drug-likeness (QED) is 0.528. The fraction of sp³-hybridized carbons (Fsp3) is 0.875. The Balaban J connectivity index is 2.09. The summed E-state index contributed by atoms with van der Waals surface area (Å²) in [5.41, 5.74) is 0. The van der Waals surface area contributed by atoms with Crippen LogP contribution < -0.4 is 5.32 Å². The molecule has 1 saturated heterocycles. The van der Waals surface area contributed by atoms with Gasteiger partial charge in [-0.3, -0.25) is 4.79 Å². The summed E-state index contributed by atoms with van der Waals surface area (Å²) in [6, 6.07) is 0.524. The number of fused-ring (bicyclic) bond motifs is 1. The van der Waals surface area contributed by atoms with E-state index < -0.39 is 0 Å². The van der Waals surface area contributed by atoms with Crippen LogP contribution in [0.2, 0.25) is 0 Å². The molecule has 56 valence electrons. The summed E-state index contributed by atoms with van der Waals surface area (Å²) in [7, 11) is 0. The Labute approximate surface area is 61.0 Å². The Bertz CT molecular complexity index is 168. The van der Waals surface area contributed by atoms with Crippen molar-refractivity contribution in [1.29, 1.82) is 0 Å². The second-order valence-electron chi connectivity index (χ2n) is 3.71. The van der Waals surface area contributed by atoms with Gasteiger partial charge in [-0.25, -0.2) is 0 Å². The minimum atomic E-state index is 0.248. The molecule has 1 heterocycles. The van der Waals surface area contributed by atoms with E-state index in [2.05, 4.69) is 19.2 Å². The van der Waals surface area contributed by atoms with Crippen LogP contribution in [0.25, 0.3) is 0 Å². The van der Waals surface area contributed by atoms with Gasteiger partial charge in [0.05, 0.1) is 0 Å². The van der Waals surface area contributed by atoms with Crippen LogP contribution in [0.15, 0.2) is 0 Å². The van der Waals surface area contributed by atoms with Gasteiger partial charge in [0.15, 0.2) is 0 Å². The minimum absolute atomic E-state index is 0.248. The molecule has 0 spiro atoms. The van der Waals surface area contributed by atoms with Crippen LogP contribution in [0, 0.1) is 17.8 Å². The molecular weight excluding hydrogens is 126 g/mol. The molecule has 0 aromatic rings. The fourth-order valence-corrected chi connectivity index (χ4v) is 2.27. The number of hydrogen-bond donors (Lipinski definition) is 1. The average molecular weight is 139 g/mol. The van der Waals surface area contributed by atoms with Crippen LogP contribution in [0.1, 0.15) is 20.3 Å². The molecule has 2 heteroatoms. The highest BCUT2D eigenvalue weighted by molar-refractivity contribution is 5.78. The molecular formula is C8H13NO. The maximum Gasteiger partial charge on any atom is 0.220 e. The van der Waals surface area contributed by atoms with Crippen molar-refractivity contribution in [2.24, 2.45) is 17.8 Å². The normalized spacial score (nSPS) is 51.6. The van der Waals surface area contributed by atoms with Crippen LogP contribution in [-0.4, -0.2) is 11.9 Å². The molecule has 2 nitrogen and oxygen atoms in total. The zero-order valence-corrected chi connectivity index (χ0v) is 6.42. The Morgan fingerprint density at radius 3 is 2.80 bits per heavy atom. The Hall–Kier alpha value is -0.530.